The first-order valence-electron chi connectivity index (χ1n) is 5.79. The lowest BCUT2D eigenvalue weighted by Gasteiger charge is -2.23. The zero-order valence-electron chi connectivity index (χ0n) is 10.6. The molecule has 0 saturated heterocycles. The zero-order chi connectivity index (χ0) is 14.2. The van der Waals surface area contributed by atoms with Crippen LogP contribution in [0.5, 0.6) is 0 Å². The summed E-state index contributed by atoms with van der Waals surface area (Å²) in [4.78, 5) is 1.97. The minimum absolute atomic E-state index is 0.0348. The average Bonchev–Trinajstić information content (AvgIpc) is 2.37. The van der Waals surface area contributed by atoms with Crippen molar-refractivity contribution in [3.05, 3.63) is 50.0 Å². The van der Waals surface area contributed by atoms with Crippen LogP contribution in [0.15, 0.2) is 39.4 Å². The van der Waals surface area contributed by atoms with Crippen molar-refractivity contribution in [3.63, 3.8) is 0 Å². The first kappa shape index (κ1) is 15.1. The highest BCUT2D eigenvalue weighted by molar-refractivity contribution is 6.48. The Hall–Kier alpha value is -0.340. The minimum Gasteiger partial charge on any atom is -0.376 e. The van der Waals surface area contributed by atoms with Gasteiger partial charge >= 0.3 is 0 Å². The molecule has 0 heterocycles. The molecule has 1 aromatic rings. The summed E-state index contributed by atoms with van der Waals surface area (Å²) in [5, 5.41) is 2.25. The number of allylic oxidation sites excluding steroid dienone is 4. The summed E-state index contributed by atoms with van der Waals surface area (Å²) in [6.07, 6.45) is 2.63. The van der Waals surface area contributed by atoms with Gasteiger partial charge in [-0.2, -0.15) is 0 Å². The topological polar surface area (TPSA) is 3.24 Å². The maximum Gasteiger partial charge on any atom is 0.0740 e. The highest BCUT2D eigenvalue weighted by atomic mass is 35.5. The molecule has 1 aliphatic carbocycles. The maximum absolute atomic E-state index is 6.31. The van der Waals surface area contributed by atoms with E-state index in [0.717, 1.165) is 17.7 Å². The van der Waals surface area contributed by atoms with E-state index in [1.54, 1.807) is 0 Å². The Morgan fingerprint density at radius 1 is 1.11 bits per heavy atom. The van der Waals surface area contributed by atoms with Gasteiger partial charge in [-0.3, -0.25) is 0 Å². The van der Waals surface area contributed by atoms with Crippen LogP contribution in [0, 0.1) is 0 Å². The molecule has 0 aliphatic heterocycles. The van der Waals surface area contributed by atoms with Gasteiger partial charge in [0.15, 0.2) is 0 Å². The van der Waals surface area contributed by atoms with Crippen LogP contribution in [0.25, 0.3) is 0 Å². The third-order valence-electron chi connectivity index (χ3n) is 3.11. The molecule has 0 N–H and O–H groups in total. The van der Waals surface area contributed by atoms with Crippen LogP contribution in [0.1, 0.15) is 17.9 Å². The molecule has 0 amide bonds. The number of benzene rings is 1. The Morgan fingerprint density at radius 2 is 1.79 bits per heavy atom. The minimum atomic E-state index is 0.0348. The van der Waals surface area contributed by atoms with E-state index in [2.05, 4.69) is 0 Å². The number of anilines is 1. The highest BCUT2D eigenvalue weighted by Crippen LogP contribution is 2.43. The molecule has 1 nitrogen and oxygen atoms in total. The molecule has 1 aromatic carbocycles. The monoisotopic (exact) mass is 335 g/mol. The third kappa shape index (κ3) is 3.05. The van der Waals surface area contributed by atoms with Gasteiger partial charge in [-0.25, -0.2) is 0 Å². The molecule has 0 fully saturated rings. The zero-order valence-corrected chi connectivity index (χ0v) is 13.6. The standard InChI is InChI=1S/C14H13Cl4N/c1-19(2)12-7-8(3-5-10(12)15)9-4-6-11(16)14(18)13(9)17/h3,5-7,9H,4H2,1-2H3. The van der Waals surface area contributed by atoms with Gasteiger partial charge < -0.3 is 4.90 Å². The fourth-order valence-corrected chi connectivity index (χ4v) is 3.10. The second kappa shape index (κ2) is 5.97. The summed E-state index contributed by atoms with van der Waals surface area (Å²) < 4.78 is 0. The van der Waals surface area contributed by atoms with E-state index in [0.29, 0.717) is 20.1 Å². The predicted molar refractivity (Wildman–Crippen MR) is 85.8 cm³/mol. The summed E-state index contributed by atoms with van der Waals surface area (Å²) in [6, 6.07) is 5.89. The first-order chi connectivity index (χ1) is 8.91. The highest BCUT2D eigenvalue weighted by Gasteiger charge is 2.23. The maximum atomic E-state index is 6.31. The summed E-state index contributed by atoms with van der Waals surface area (Å²) in [7, 11) is 3.90. The lowest BCUT2D eigenvalue weighted by Crippen LogP contribution is -2.11. The molecule has 0 bridgehead atoms. The molecule has 2 rings (SSSR count). The lowest BCUT2D eigenvalue weighted by molar-refractivity contribution is 0.831. The van der Waals surface area contributed by atoms with Crippen molar-refractivity contribution in [2.24, 2.45) is 0 Å². The Kier molecular flexibility index (Phi) is 4.73. The quantitative estimate of drug-likeness (QED) is 0.669. The molecule has 5 heteroatoms. The van der Waals surface area contributed by atoms with E-state index in [1.807, 2.05) is 43.3 Å². The largest absolute Gasteiger partial charge is 0.376 e. The van der Waals surface area contributed by atoms with Gasteiger partial charge in [-0.15, -0.1) is 0 Å². The van der Waals surface area contributed by atoms with Gasteiger partial charge in [0.1, 0.15) is 0 Å². The van der Waals surface area contributed by atoms with E-state index in [9.17, 15) is 0 Å². The molecule has 19 heavy (non-hydrogen) atoms. The molecule has 1 aliphatic rings. The van der Waals surface area contributed by atoms with Crippen LogP contribution in [0.3, 0.4) is 0 Å². The van der Waals surface area contributed by atoms with Crippen molar-refractivity contribution in [1.82, 2.24) is 0 Å². The van der Waals surface area contributed by atoms with Crippen molar-refractivity contribution < 1.29 is 0 Å². The van der Waals surface area contributed by atoms with Crippen molar-refractivity contribution in [2.75, 3.05) is 19.0 Å². The average molecular weight is 337 g/mol. The van der Waals surface area contributed by atoms with E-state index >= 15 is 0 Å². The summed E-state index contributed by atoms with van der Waals surface area (Å²) in [5.41, 5.74) is 2.04. The first-order valence-corrected chi connectivity index (χ1v) is 7.31. The van der Waals surface area contributed by atoms with Gasteiger partial charge in [0, 0.05) is 25.0 Å². The molecule has 0 saturated carbocycles. The summed E-state index contributed by atoms with van der Waals surface area (Å²) in [5.74, 6) is 0.0348. The molecule has 0 spiro atoms. The molecule has 102 valence electrons. The van der Waals surface area contributed by atoms with Gasteiger partial charge in [0.05, 0.1) is 20.8 Å². The van der Waals surface area contributed by atoms with Crippen LogP contribution in [0.2, 0.25) is 5.02 Å². The van der Waals surface area contributed by atoms with Crippen LogP contribution < -0.4 is 4.90 Å². The number of hydrogen-bond acceptors (Lipinski definition) is 1. The van der Waals surface area contributed by atoms with Gasteiger partial charge in [-0.1, -0.05) is 58.5 Å². The van der Waals surface area contributed by atoms with Gasteiger partial charge in [-0.05, 0) is 24.1 Å². The van der Waals surface area contributed by atoms with Crippen LogP contribution in [-0.4, -0.2) is 14.1 Å². The van der Waals surface area contributed by atoms with E-state index < -0.39 is 0 Å². The smallest absolute Gasteiger partial charge is 0.0740 e. The molecule has 0 radical (unpaired) electrons. The molecule has 1 unspecified atom stereocenters. The third-order valence-corrected chi connectivity index (χ3v) is 4.83. The van der Waals surface area contributed by atoms with Gasteiger partial charge in [0.25, 0.3) is 0 Å². The second-order valence-electron chi connectivity index (χ2n) is 4.61. The number of hydrogen-bond donors (Lipinski definition) is 0. The predicted octanol–water partition coefficient (Wildman–Crippen LogP) is 5.71. The van der Waals surface area contributed by atoms with Gasteiger partial charge in [0.2, 0.25) is 0 Å². The van der Waals surface area contributed by atoms with Crippen molar-refractivity contribution >= 4 is 52.1 Å². The van der Waals surface area contributed by atoms with E-state index in [4.69, 9.17) is 46.4 Å². The molecule has 1 atom stereocenters. The van der Waals surface area contributed by atoms with Crippen LogP contribution in [0.4, 0.5) is 5.69 Å². The summed E-state index contributed by atoms with van der Waals surface area (Å²) >= 11 is 24.6. The Bertz CT molecular complexity index is 561. The normalized spacial score (nSPS) is 19.5. The fourth-order valence-electron chi connectivity index (χ4n) is 2.05. The Labute approximate surface area is 133 Å². The van der Waals surface area contributed by atoms with Crippen molar-refractivity contribution in [3.8, 4) is 0 Å². The summed E-state index contributed by atoms with van der Waals surface area (Å²) in [6.45, 7) is 0. The lowest BCUT2D eigenvalue weighted by atomic mass is 9.91. The SMILES string of the molecule is CN(C)c1cc(C2CC=C(Cl)C(Cl)=C2Cl)ccc1Cl. The molecule has 0 aromatic heterocycles. The van der Waals surface area contributed by atoms with Crippen molar-refractivity contribution in [1.29, 1.82) is 0 Å². The number of rotatable bonds is 2. The number of nitrogens with zero attached hydrogens (tertiary/aromatic N) is 1. The Balaban J connectivity index is 2.42. The number of halogens is 4. The van der Waals surface area contributed by atoms with E-state index in [1.165, 1.54) is 0 Å². The van der Waals surface area contributed by atoms with Crippen LogP contribution >= 0.6 is 46.4 Å². The van der Waals surface area contributed by atoms with Crippen LogP contribution in [-0.2, 0) is 0 Å². The molecular weight excluding hydrogens is 324 g/mol. The molecular formula is C14H13Cl4N. The van der Waals surface area contributed by atoms with E-state index in [-0.39, 0.29) is 5.92 Å². The van der Waals surface area contributed by atoms with Crippen molar-refractivity contribution in [2.45, 2.75) is 12.3 Å². The Morgan fingerprint density at radius 3 is 2.42 bits per heavy atom. The fraction of sp³-hybridized carbons (Fsp3) is 0.286. The second-order valence-corrected chi connectivity index (χ2v) is 6.21.